The molecule has 1 saturated heterocycles. The maximum atomic E-state index is 12.4. The second-order valence-corrected chi connectivity index (χ2v) is 8.38. The van der Waals surface area contributed by atoms with Crippen molar-refractivity contribution < 1.29 is 14.7 Å². The molecule has 1 N–H and O–H groups in total. The Hall–Kier alpha value is -1.49. The maximum absolute atomic E-state index is 12.4. The lowest BCUT2D eigenvalue weighted by Crippen LogP contribution is -2.48. The summed E-state index contributed by atoms with van der Waals surface area (Å²) in [6.07, 6.45) is 5.87. The van der Waals surface area contributed by atoms with E-state index in [1.165, 1.54) is 5.56 Å². The van der Waals surface area contributed by atoms with Crippen LogP contribution in [0.5, 0.6) is 0 Å². The Bertz CT molecular complexity index is 564. The first-order chi connectivity index (χ1) is 12.6. The Morgan fingerprint density at radius 1 is 1.31 bits per heavy atom. The van der Waals surface area contributed by atoms with E-state index >= 15 is 0 Å². The number of rotatable bonds is 11. The summed E-state index contributed by atoms with van der Waals surface area (Å²) in [7, 11) is 0. The number of carbonyl (C=O) groups is 2. The summed E-state index contributed by atoms with van der Waals surface area (Å²) >= 11 is 1.76. The number of benzene rings is 1. The van der Waals surface area contributed by atoms with Crippen molar-refractivity contribution in [2.75, 3.05) is 18.1 Å². The van der Waals surface area contributed by atoms with Gasteiger partial charge in [0.05, 0.1) is 0 Å². The third kappa shape index (κ3) is 7.02. The highest BCUT2D eigenvalue weighted by Crippen LogP contribution is 2.27. The van der Waals surface area contributed by atoms with Gasteiger partial charge in [-0.3, -0.25) is 9.59 Å². The van der Waals surface area contributed by atoms with Crippen molar-refractivity contribution in [2.24, 2.45) is 5.92 Å². The van der Waals surface area contributed by atoms with Gasteiger partial charge < -0.3 is 10.0 Å². The minimum atomic E-state index is -0.732. The number of piperidine rings is 1. The van der Waals surface area contributed by atoms with Gasteiger partial charge in [-0.15, -0.1) is 0 Å². The van der Waals surface area contributed by atoms with E-state index < -0.39 is 5.97 Å². The SMILES string of the molecule is CC(CCc1ccccc1)C1CCCC(=O)N1CCSCCCC(=O)O. The molecule has 2 unspecified atom stereocenters. The van der Waals surface area contributed by atoms with Gasteiger partial charge in [-0.05, 0) is 49.3 Å². The highest BCUT2D eigenvalue weighted by atomic mass is 32.2. The van der Waals surface area contributed by atoms with E-state index in [4.69, 9.17) is 5.11 Å². The van der Waals surface area contributed by atoms with Crippen molar-refractivity contribution in [3.05, 3.63) is 35.9 Å². The van der Waals surface area contributed by atoms with E-state index in [2.05, 4.69) is 36.1 Å². The molecule has 0 aromatic heterocycles. The molecule has 2 atom stereocenters. The van der Waals surface area contributed by atoms with Gasteiger partial charge >= 0.3 is 5.97 Å². The zero-order valence-corrected chi connectivity index (χ0v) is 16.5. The van der Waals surface area contributed by atoms with Crippen LogP contribution >= 0.6 is 11.8 Å². The number of hydrogen-bond acceptors (Lipinski definition) is 3. The van der Waals surface area contributed by atoms with E-state index in [0.29, 0.717) is 30.7 Å². The van der Waals surface area contributed by atoms with E-state index in [1.54, 1.807) is 11.8 Å². The van der Waals surface area contributed by atoms with Crippen LogP contribution in [0.2, 0.25) is 0 Å². The summed E-state index contributed by atoms with van der Waals surface area (Å²) in [5.41, 5.74) is 1.36. The zero-order chi connectivity index (χ0) is 18.8. The zero-order valence-electron chi connectivity index (χ0n) is 15.7. The molecule has 0 saturated carbocycles. The lowest BCUT2D eigenvalue weighted by atomic mass is 9.87. The van der Waals surface area contributed by atoms with Gasteiger partial charge in [0, 0.05) is 31.2 Å². The van der Waals surface area contributed by atoms with Crippen molar-refractivity contribution in [3.8, 4) is 0 Å². The number of aryl methyl sites for hydroxylation is 1. The molecule has 1 fully saturated rings. The van der Waals surface area contributed by atoms with Crippen LogP contribution in [-0.2, 0) is 16.0 Å². The van der Waals surface area contributed by atoms with Crippen LogP contribution in [0.1, 0.15) is 51.0 Å². The molecule has 5 heteroatoms. The lowest BCUT2D eigenvalue weighted by Gasteiger charge is -2.39. The third-order valence-electron chi connectivity index (χ3n) is 5.16. The Labute approximate surface area is 161 Å². The summed E-state index contributed by atoms with van der Waals surface area (Å²) in [5, 5.41) is 8.68. The fourth-order valence-electron chi connectivity index (χ4n) is 3.65. The molecule has 1 aromatic carbocycles. The van der Waals surface area contributed by atoms with Crippen LogP contribution < -0.4 is 0 Å². The van der Waals surface area contributed by atoms with Crippen molar-refractivity contribution in [1.82, 2.24) is 4.90 Å². The number of thioether (sulfide) groups is 1. The molecule has 2 rings (SSSR count). The first kappa shape index (κ1) is 20.8. The molecule has 144 valence electrons. The van der Waals surface area contributed by atoms with Crippen LogP contribution in [0.25, 0.3) is 0 Å². The van der Waals surface area contributed by atoms with Crippen LogP contribution in [0, 0.1) is 5.92 Å². The van der Waals surface area contributed by atoms with Crippen molar-refractivity contribution >= 4 is 23.6 Å². The van der Waals surface area contributed by atoms with Gasteiger partial charge in [-0.1, -0.05) is 37.3 Å². The van der Waals surface area contributed by atoms with Gasteiger partial charge in [0.2, 0.25) is 5.91 Å². The number of likely N-dealkylation sites (tertiary alicyclic amines) is 1. The summed E-state index contributed by atoms with van der Waals surface area (Å²) in [5.74, 6) is 1.80. The summed E-state index contributed by atoms with van der Waals surface area (Å²) in [6.45, 7) is 3.07. The summed E-state index contributed by atoms with van der Waals surface area (Å²) < 4.78 is 0. The van der Waals surface area contributed by atoms with Gasteiger partial charge in [0.25, 0.3) is 0 Å². The molecule has 1 aliphatic rings. The van der Waals surface area contributed by atoms with Gasteiger partial charge in [0.1, 0.15) is 0 Å². The van der Waals surface area contributed by atoms with Crippen molar-refractivity contribution in [1.29, 1.82) is 0 Å². The predicted octanol–water partition coefficient (Wildman–Crippen LogP) is 4.23. The number of carbonyl (C=O) groups excluding carboxylic acids is 1. The quantitative estimate of drug-likeness (QED) is 0.586. The van der Waals surface area contributed by atoms with Gasteiger partial charge in [0.15, 0.2) is 0 Å². The maximum Gasteiger partial charge on any atom is 0.303 e. The molecule has 1 amide bonds. The highest BCUT2D eigenvalue weighted by molar-refractivity contribution is 7.99. The molecular formula is C21H31NO3S. The first-order valence-electron chi connectivity index (χ1n) is 9.71. The Morgan fingerprint density at radius 3 is 2.81 bits per heavy atom. The van der Waals surface area contributed by atoms with Crippen LogP contribution in [-0.4, -0.2) is 46.0 Å². The van der Waals surface area contributed by atoms with Gasteiger partial charge in [-0.2, -0.15) is 11.8 Å². The number of carboxylic acid groups (broad SMARTS) is 1. The second kappa shape index (κ2) is 11.3. The number of amides is 1. The Kier molecular flexibility index (Phi) is 9.02. The molecule has 1 aromatic rings. The smallest absolute Gasteiger partial charge is 0.303 e. The molecule has 1 aliphatic heterocycles. The van der Waals surface area contributed by atoms with Crippen LogP contribution in [0.15, 0.2) is 30.3 Å². The Morgan fingerprint density at radius 2 is 2.08 bits per heavy atom. The van der Waals surface area contributed by atoms with E-state index in [9.17, 15) is 9.59 Å². The average Bonchev–Trinajstić information content (AvgIpc) is 2.64. The van der Waals surface area contributed by atoms with Crippen molar-refractivity contribution in [3.63, 3.8) is 0 Å². The number of aliphatic carboxylic acids is 1. The largest absolute Gasteiger partial charge is 0.481 e. The standard InChI is InChI=1S/C21H31NO3S/c1-17(12-13-18-7-3-2-4-8-18)19-9-5-10-20(23)22(19)14-16-26-15-6-11-21(24)25/h2-4,7-8,17,19H,5-6,9-16H2,1H3,(H,24,25). The fraction of sp³-hybridized carbons (Fsp3) is 0.619. The van der Waals surface area contributed by atoms with E-state index in [1.807, 2.05) is 6.07 Å². The normalized spacial score (nSPS) is 18.7. The molecule has 26 heavy (non-hydrogen) atoms. The molecule has 0 aliphatic carbocycles. The monoisotopic (exact) mass is 377 g/mol. The number of nitrogens with zero attached hydrogens (tertiary/aromatic N) is 1. The highest BCUT2D eigenvalue weighted by Gasteiger charge is 2.31. The molecular weight excluding hydrogens is 346 g/mol. The molecule has 1 heterocycles. The first-order valence-corrected chi connectivity index (χ1v) is 10.9. The van der Waals surface area contributed by atoms with E-state index in [0.717, 1.165) is 43.7 Å². The molecule has 0 radical (unpaired) electrons. The summed E-state index contributed by atoms with van der Waals surface area (Å²) in [4.78, 5) is 25.1. The third-order valence-corrected chi connectivity index (χ3v) is 6.20. The minimum Gasteiger partial charge on any atom is -0.481 e. The lowest BCUT2D eigenvalue weighted by molar-refractivity contribution is -0.138. The Balaban J connectivity index is 1.78. The average molecular weight is 378 g/mol. The van der Waals surface area contributed by atoms with Crippen molar-refractivity contribution in [2.45, 2.75) is 57.9 Å². The van der Waals surface area contributed by atoms with Crippen LogP contribution in [0.3, 0.4) is 0 Å². The number of hydrogen-bond donors (Lipinski definition) is 1. The topological polar surface area (TPSA) is 57.6 Å². The predicted molar refractivity (Wildman–Crippen MR) is 107 cm³/mol. The van der Waals surface area contributed by atoms with E-state index in [-0.39, 0.29) is 6.42 Å². The minimum absolute atomic E-state index is 0.231. The fourth-order valence-corrected chi connectivity index (χ4v) is 4.53. The molecule has 4 nitrogen and oxygen atoms in total. The van der Waals surface area contributed by atoms with Crippen LogP contribution in [0.4, 0.5) is 0 Å². The van der Waals surface area contributed by atoms with Gasteiger partial charge in [-0.25, -0.2) is 0 Å². The molecule has 0 bridgehead atoms. The second-order valence-electron chi connectivity index (χ2n) is 7.16. The number of carboxylic acids is 1. The molecule has 0 spiro atoms. The summed E-state index contributed by atoms with van der Waals surface area (Å²) in [6, 6.07) is 10.9.